The van der Waals surface area contributed by atoms with Crippen LogP contribution in [0.15, 0.2) is 110 Å². The Morgan fingerprint density at radius 3 is 0.828 bits per heavy atom. The topological polar surface area (TPSA) is 250 Å². The standard InChI is InChI=1S/C30H24F3N5.3C2H3N.2CHF3O3S.Co/c1-28(22-11-3-7-15-34-22,23-12-4-8-16-35-23)26-19-21(30(31,32)33)20-27(38-26)29(2,24-13-5-9-17-36-24)25-14-6-10-18-37-25;3*1-2-3;2*2-1(3,4)8(5,6)7;/h3-20H,1-2H3;3*1H3;2*(H,5,6,7);/q;;;;;;+2/p-2. The van der Waals surface area contributed by atoms with Gasteiger partial charge in [-0.1, -0.05) is 24.3 Å². The molecule has 0 spiro atoms. The van der Waals surface area contributed by atoms with E-state index in [2.05, 4.69) is 19.9 Å². The minimum absolute atomic E-state index is 0. The van der Waals surface area contributed by atoms with E-state index in [-0.39, 0.29) is 28.2 Å². The summed E-state index contributed by atoms with van der Waals surface area (Å²) in [6, 6.07) is 28.7. The quantitative estimate of drug-likeness (QED) is 0.0886. The summed E-state index contributed by atoms with van der Waals surface area (Å²) in [5.41, 5.74) is -12.1. The van der Waals surface area contributed by atoms with Gasteiger partial charge in [0.05, 0.1) is 68.8 Å². The summed E-state index contributed by atoms with van der Waals surface area (Å²) >= 11 is 0. The Hall–Kier alpha value is -6.08. The number of nitriles is 3. The van der Waals surface area contributed by atoms with Gasteiger partial charge in [0.1, 0.15) is 0 Å². The van der Waals surface area contributed by atoms with E-state index in [1.807, 2.05) is 0 Å². The van der Waals surface area contributed by atoms with E-state index in [0.717, 1.165) is 12.1 Å². The first kappa shape index (κ1) is 60.0. The van der Waals surface area contributed by atoms with Crippen LogP contribution in [0.3, 0.4) is 0 Å². The Morgan fingerprint density at radius 1 is 0.484 bits per heavy atom. The Bertz CT molecular complexity index is 2270. The van der Waals surface area contributed by atoms with Gasteiger partial charge < -0.3 is 9.11 Å². The first-order valence-corrected chi connectivity index (χ1v) is 19.5. The zero-order chi connectivity index (χ0) is 48.9. The molecule has 14 nitrogen and oxygen atoms in total. The minimum atomic E-state index is -6.09. The van der Waals surface area contributed by atoms with Crippen LogP contribution in [-0.4, -0.2) is 61.9 Å². The zero-order valence-corrected chi connectivity index (χ0v) is 36.1. The van der Waals surface area contributed by atoms with Crippen molar-refractivity contribution in [3.63, 3.8) is 0 Å². The van der Waals surface area contributed by atoms with Crippen molar-refractivity contribution in [2.75, 3.05) is 0 Å². The molecule has 0 aliphatic rings. The van der Waals surface area contributed by atoms with Gasteiger partial charge >= 0.3 is 34.0 Å². The van der Waals surface area contributed by atoms with Crippen molar-refractivity contribution in [3.05, 3.63) is 149 Å². The molecule has 0 N–H and O–H groups in total. The Kier molecular flexibility index (Phi) is 24.3. The van der Waals surface area contributed by atoms with Crippen LogP contribution in [0.4, 0.5) is 39.5 Å². The first-order valence-electron chi connectivity index (χ1n) is 16.7. The monoisotopic (exact) mass is 991 g/mol. The third-order valence-electron chi connectivity index (χ3n) is 7.45. The second-order valence-corrected chi connectivity index (χ2v) is 14.4. The number of pyridine rings is 5. The summed E-state index contributed by atoms with van der Waals surface area (Å²) in [7, 11) is -12.2. The largest absolute Gasteiger partial charge is 2.00 e. The smallest absolute Gasteiger partial charge is 0.741 e. The van der Waals surface area contributed by atoms with Crippen molar-refractivity contribution in [1.82, 2.24) is 24.9 Å². The van der Waals surface area contributed by atoms with E-state index in [9.17, 15) is 39.5 Å². The van der Waals surface area contributed by atoms with E-state index in [0.29, 0.717) is 22.8 Å². The van der Waals surface area contributed by atoms with Gasteiger partial charge in [0.25, 0.3) is 0 Å². The molecule has 0 atom stereocenters. The number of alkyl halides is 9. The molecule has 5 aromatic heterocycles. The Labute approximate surface area is 372 Å². The fourth-order valence-electron chi connectivity index (χ4n) is 4.63. The molecule has 0 unspecified atom stereocenters. The van der Waals surface area contributed by atoms with Crippen molar-refractivity contribution in [1.29, 1.82) is 15.8 Å². The summed E-state index contributed by atoms with van der Waals surface area (Å²) in [6.07, 6.45) is 1.80. The second kappa shape index (κ2) is 25.9. The summed E-state index contributed by atoms with van der Waals surface area (Å²) < 4.78 is 161. The number of halogens is 9. The molecule has 345 valence electrons. The second-order valence-electron chi connectivity index (χ2n) is 11.7. The molecule has 0 aliphatic carbocycles. The van der Waals surface area contributed by atoms with E-state index >= 15 is 0 Å². The number of rotatable bonds is 6. The van der Waals surface area contributed by atoms with Gasteiger partial charge in [-0.05, 0) is 74.5 Å². The molecule has 0 saturated heterocycles. The Morgan fingerprint density at radius 2 is 0.688 bits per heavy atom. The minimum Gasteiger partial charge on any atom is -0.741 e. The van der Waals surface area contributed by atoms with Gasteiger partial charge in [0, 0.05) is 45.6 Å². The molecule has 1 radical (unpaired) electrons. The molecular weight excluding hydrogens is 959 g/mol. The van der Waals surface area contributed by atoms with Crippen LogP contribution in [0.25, 0.3) is 0 Å². The van der Waals surface area contributed by atoms with E-state index < -0.39 is 53.8 Å². The van der Waals surface area contributed by atoms with E-state index in [4.69, 9.17) is 46.7 Å². The molecule has 0 aromatic carbocycles. The Balaban J connectivity index is 0. The third kappa shape index (κ3) is 17.6. The maximum Gasteiger partial charge on any atom is 2.00 e. The fraction of sp³-hybridized carbons (Fsp3) is 0.263. The van der Waals surface area contributed by atoms with Gasteiger partial charge in [0.15, 0.2) is 20.2 Å². The third-order valence-corrected chi connectivity index (χ3v) is 8.59. The van der Waals surface area contributed by atoms with Crippen LogP contribution in [0.5, 0.6) is 0 Å². The summed E-state index contributed by atoms with van der Waals surface area (Å²) in [4.78, 5) is 23.0. The molecule has 5 aromatic rings. The van der Waals surface area contributed by atoms with Crippen LogP contribution in [-0.2, 0) is 54.0 Å². The van der Waals surface area contributed by atoms with Crippen LogP contribution in [0.1, 0.15) is 74.3 Å². The van der Waals surface area contributed by atoms with Crippen molar-refractivity contribution < 1.29 is 82.2 Å². The molecule has 0 bridgehead atoms. The maximum atomic E-state index is 14.4. The predicted molar refractivity (Wildman–Crippen MR) is 203 cm³/mol. The van der Waals surface area contributed by atoms with Crippen LogP contribution in [0.2, 0.25) is 0 Å². The van der Waals surface area contributed by atoms with Gasteiger partial charge in [-0.25, -0.2) is 16.8 Å². The van der Waals surface area contributed by atoms with Crippen molar-refractivity contribution >= 4 is 20.2 Å². The SMILES string of the molecule is CC#N.CC#N.CC#N.CC(c1ccccn1)(c1ccccn1)c1cc(C(F)(F)F)cc(C(C)(c2ccccn2)c2ccccn2)n1.O=S(=O)([O-])C(F)(F)F.O=S(=O)([O-])C(F)(F)F.[Co+2]. The predicted octanol–water partition coefficient (Wildman–Crippen LogP) is 8.08. The normalized spacial score (nSPS) is 11.2. The average molecular weight is 992 g/mol. The molecule has 0 aliphatic heterocycles. The van der Waals surface area contributed by atoms with Crippen LogP contribution < -0.4 is 0 Å². The van der Waals surface area contributed by atoms with Gasteiger partial charge in [0.2, 0.25) is 0 Å². The number of hydrogen-bond acceptors (Lipinski definition) is 14. The molecular formula is C38H33CoF9N8O6S2. The van der Waals surface area contributed by atoms with E-state index in [1.165, 1.54) is 20.8 Å². The van der Waals surface area contributed by atoms with E-state index in [1.54, 1.807) is 130 Å². The van der Waals surface area contributed by atoms with Gasteiger partial charge in [-0.15, -0.1) is 0 Å². The summed E-state index contributed by atoms with van der Waals surface area (Å²) in [5.74, 6) is 0. The van der Waals surface area contributed by atoms with Crippen LogP contribution in [0, 0.1) is 34.0 Å². The average Bonchev–Trinajstić information content (AvgIpc) is 3.21. The number of nitrogens with zero attached hydrogens (tertiary/aromatic N) is 8. The van der Waals surface area contributed by atoms with Crippen molar-refractivity contribution in [2.45, 2.75) is 62.6 Å². The molecule has 26 heteroatoms. The fourth-order valence-corrected chi connectivity index (χ4v) is 4.63. The summed E-state index contributed by atoms with van der Waals surface area (Å²) in [5, 5.41) is 22.0. The molecule has 0 fully saturated rings. The van der Waals surface area contributed by atoms with Gasteiger partial charge in [-0.2, -0.15) is 55.3 Å². The zero-order valence-electron chi connectivity index (χ0n) is 33.5. The van der Waals surface area contributed by atoms with Gasteiger partial charge in [-0.3, -0.25) is 24.9 Å². The van der Waals surface area contributed by atoms with Crippen molar-refractivity contribution in [2.24, 2.45) is 0 Å². The summed E-state index contributed by atoms with van der Waals surface area (Å²) in [6.45, 7) is 7.88. The number of aromatic nitrogens is 5. The molecule has 5 rings (SSSR count). The first-order chi connectivity index (χ1) is 29.0. The number of hydrogen-bond donors (Lipinski definition) is 0. The molecule has 5 heterocycles. The van der Waals surface area contributed by atoms with Crippen molar-refractivity contribution in [3.8, 4) is 18.2 Å². The molecule has 64 heavy (non-hydrogen) atoms. The maximum absolute atomic E-state index is 14.4. The molecule has 0 saturated carbocycles. The van der Waals surface area contributed by atoms with Crippen LogP contribution >= 0.6 is 0 Å². The molecule has 0 amide bonds.